The van der Waals surface area contributed by atoms with Crippen LogP contribution in [0.5, 0.6) is 0 Å². The van der Waals surface area contributed by atoms with Crippen molar-refractivity contribution in [1.29, 1.82) is 0 Å². The van der Waals surface area contributed by atoms with E-state index in [-0.39, 0.29) is 5.82 Å². The highest BCUT2D eigenvalue weighted by molar-refractivity contribution is 5.25. The van der Waals surface area contributed by atoms with Crippen LogP contribution in [0.25, 0.3) is 0 Å². The van der Waals surface area contributed by atoms with Crippen LogP contribution in [0.2, 0.25) is 0 Å². The van der Waals surface area contributed by atoms with Crippen molar-refractivity contribution in [1.82, 2.24) is 9.88 Å². The van der Waals surface area contributed by atoms with E-state index >= 15 is 0 Å². The summed E-state index contributed by atoms with van der Waals surface area (Å²) in [7, 11) is 0. The molecule has 19 heavy (non-hydrogen) atoms. The monoisotopic (exact) mass is 256 g/mol. The smallest absolute Gasteiger partial charge is 0.123 e. The van der Waals surface area contributed by atoms with Crippen molar-refractivity contribution in [3.05, 3.63) is 65.2 Å². The van der Waals surface area contributed by atoms with E-state index in [0.717, 1.165) is 19.5 Å². The van der Waals surface area contributed by atoms with Gasteiger partial charge in [-0.05, 0) is 48.2 Å². The normalized spacial score (nSPS) is 19.2. The molecular weight excluding hydrogens is 239 g/mol. The molecule has 2 aromatic rings. The van der Waals surface area contributed by atoms with Gasteiger partial charge < -0.3 is 0 Å². The molecule has 1 aromatic carbocycles. The summed E-state index contributed by atoms with van der Waals surface area (Å²) in [5.74, 6) is -0.167. The van der Waals surface area contributed by atoms with Gasteiger partial charge in [-0.1, -0.05) is 12.1 Å². The Morgan fingerprint density at radius 2 is 2.05 bits per heavy atom. The molecule has 98 valence electrons. The Kier molecular flexibility index (Phi) is 3.30. The maximum atomic E-state index is 12.9. The molecule has 1 aliphatic rings. The van der Waals surface area contributed by atoms with Gasteiger partial charge in [-0.25, -0.2) is 4.39 Å². The highest BCUT2D eigenvalue weighted by Crippen LogP contribution is 2.34. The molecule has 3 heteroatoms. The van der Waals surface area contributed by atoms with Gasteiger partial charge in [-0.3, -0.25) is 9.88 Å². The Balaban J connectivity index is 1.73. The van der Waals surface area contributed by atoms with E-state index in [2.05, 4.69) is 22.9 Å². The van der Waals surface area contributed by atoms with Crippen LogP contribution in [0.1, 0.15) is 29.2 Å². The first kappa shape index (κ1) is 12.3. The minimum absolute atomic E-state index is 0.167. The molecule has 1 aliphatic heterocycles. The average Bonchev–Trinajstić information content (AvgIpc) is 2.39. The molecule has 1 saturated heterocycles. The minimum atomic E-state index is -0.167. The molecule has 1 aromatic heterocycles. The Morgan fingerprint density at radius 3 is 2.68 bits per heavy atom. The van der Waals surface area contributed by atoms with Crippen LogP contribution in [0.4, 0.5) is 4.39 Å². The number of hydrogen-bond acceptors (Lipinski definition) is 2. The first-order chi connectivity index (χ1) is 9.24. The Morgan fingerprint density at radius 1 is 1.26 bits per heavy atom. The maximum absolute atomic E-state index is 12.9. The number of benzene rings is 1. The molecule has 1 fully saturated rings. The summed E-state index contributed by atoms with van der Waals surface area (Å²) >= 11 is 0. The average molecular weight is 256 g/mol. The Labute approximate surface area is 112 Å². The summed E-state index contributed by atoms with van der Waals surface area (Å²) in [6, 6.07) is 9.38. The van der Waals surface area contributed by atoms with Gasteiger partial charge in [0.2, 0.25) is 0 Å². The SMILES string of the molecule is Cc1cnccc1CN1CC[C@H]1c1ccc(F)cc1. The summed E-state index contributed by atoms with van der Waals surface area (Å²) in [5, 5.41) is 0. The van der Waals surface area contributed by atoms with E-state index in [4.69, 9.17) is 0 Å². The molecule has 0 amide bonds. The predicted octanol–water partition coefficient (Wildman–Crippen LogP) is 3.48. The molecule has 0 N–H and O–H groups in total. The number of likely N-dealkylation sites (tertiary alicyclic amines) is 1. The number of pyridine rings is 1. The number of nitrogens with zero attached hydrogens (tertiary/aromatic N) is 2. The molecule has 2 heterocycles. The zero-order valence-corrected chi connectivity index (χ0v) is 11.0. The lowest BCUT2D eigenvalue weighted by Crippen LogP contribution is -2.40. The van der Waals surface area contributed by atoms with Crippen LogP contribution >= 0.6 is 0 Å². The third-order valence-corrected chi connectivity index (χ3v) is 3.90. The fraction of sp³-hybridized carbons (Fsp3) is 0.312. The molecular formula is C16H17FN2. The van der Waals surface area contributed by atoms with E-state index in [0.29, 0.717) is 6.04 Å². The lowest BCUT2D eigenvalue weighted by atomic mass is 9.93. The van der Waals surface area contributed by atoms with Crippen molar-refractivity contribution in [3.63, 3.8) is 0 Å². The molecule has 0 bridgehead atoms. The van der Waals surface area contributed by atoms with Gasteiger partial charge in [0.05, 0.1) is 0 Å². The maximum Gasteiger partial charge on any atom is 0.123 e. The van der Waals surface area contributed by atoms with E-state index in [1.807, 2.05) is 24.5 Å². The van der Waals surface area contributed by atoms with E-state index in [1.165, 1.54) is 16.7 Å². The van der Waals surface area contributed by atoms with Crippen LogP contribution in [0, 0.1) is 12.7 Å². The highest BCUT2D eigenvalue weighted by Gasteiger charge is 2.29. The molecule has 2 nitrogen and oxygen atoms in total. The van der Waals surface area contributed by atoms with E-state index in [1.54, 1.807) is 12.1 Å². The number of halogens is 1. The standard InChI is InChI=1S/C16H17FN2/c1-12-10-18-8-6-14(12)11-19-9-7-16(19)13-2-4-15(17)5-3-13/h2-6,8,10,16H,7,9,11H2,1H3/t16-/m0/s1. The first-order valence-electron chi connectivity index (χ1n) is 6.63. The van der Waals surface area contributed by atoms with Crippen molar-refractivity contribution >= 4 is 0 Å². The third-order valence-electron chi connectivity index (χ3n) is 3.90. The topological polar surface area (TPSA) is 16.1 Å². The quantitative estimate of drug-likeness (QED) is 0.836. The fourth-order valence-electron chi connectivity index (χ4n) is 2.59. The first-order valence-corrected chi connectivity index (χ1v) is 6.63. The van der Waals surface area contributed by atoms with Crippen LogP contribution < -0.4 is 0 Å². The van der Waals surface area contributed by atoms with Crippen molar-refractivity contribution in [2.75, 3.05) is 6.54 Å². The van der Waals surface area contributed by atoms with Gasteiger partial charge in [0.1, 0.15) is 5.82 Å². The Bertz CT molecular complexity index is 565. The van der Waals surface area contributed by atoms with Crippen molar-refractivity contribution < 1.29 is 4.39 Å². The molecule has 3 rings (SSSR count). The van der Waals surface area contributed by atoms with Gasteiger partial charge in [0, 0.05) is 31.5 Å². The van der Waals surface area contributed by atoms with Gasteiger partial charge in [-0.2, -0.15) is 0 Å². The van der Waals surface area contributed by atoms with E-state index < -0.39 is 0 Å². The van der Waals surface area contributed by atoms with Crippen LogP contribution in [0.3, 0.4) is 0 Å². The van der Waals surface area contributed by atoms with E-state index in [9.17, 15) is 4.39 Å². The summed E-state index contributed by atoms with van der Waals surface area (Å²) in [4.78, 5) is 6.55. The summed E-state index contributed by atoms with van der Waals surface area (Å²) in [6.07, 6.45) is 4.90. The number of aromatic nitrogens is 1. The predicted molar refractivity (Wildman–Crippen MR) is 73.1 cm³/mol. The fourth-order valence-corrected chi connectivity index (χ4v) is 2.59. The van der Waals surface area contributed by atoms with Crippen molar-refractivity contribution in [2.24, 2.45) is 0 Å². The molecule has 0 unspecified atom stereocenters. The second kappa shape index (κ2) is 5.10. The van der Waals surface area contributed by atoms with Crippen LogP contribution in [0.15, 0.2) is 42.7 Å². The molecule has 1 atom stereocenters. The summed E-state index contributed by atoms with van der Waals surface area (Å²) < 4.78 is 12.9. The van der Waals surface area contributed by atoms with Crippen LogP contribution in [-0.2, 0) is 6.54 Å². The molecule has 0 radical (unpaired) electrons. The zero-order valence-electron chi connectivity index (χ0n) is 11.0. The lowest BCUT2D eigenvalue weighted by molar-refractivity contribution is 0.0816. The van der Waals surface area contributed by atoms with Crippen molar-refractivity contribution in [2.45, 2.75) is 25.9 Å². The summed E-state index contributed by atoms with van der Waals surface area (Å²) in [6.45, 7) is 4.13. The molecule has 0 saturated carbocycles. The van der Waals surface area contributed by atoms with Gasteiger partial charge in [0.25, 0.3) is 0 Å². The molecule has 0 aliphatic carbocycles. The number of rotatable bonds is 3. The van der Waals surface area contributed by atoms with Gasteiger partial charge >= 0.3 is 0 Å². The largest absolute Gasteiger partial charge is 0.292 e. The van der Waals surface area contributed by atoms with Gasteiger partial charge in [0.15, 0.2) is 0 Å². The second-order valence-electron chi connectivity index (χ2n) is 5.13. The minimum Gasteiger partial charge on any atom is -0.292 e. The number of aryl methyl sites for hydroxylation is 1. The lowest BCUT2D eigenvalue weighted by Gasteiger charge is -2.41. The molecule has 0 spiro atoms. The van der Waals surface area contributed by atoms with Gasteiger partial charge in [-0.15, -0.1) is 0 Å². The second-order valence-corrected chi connectivity index (χ2v) is 5.13. The Hall–Kier alpha value is -1.74. The highest BCUT2D eigenvalue weighted by atomic mass is 19.1. The zero-order chi connectivity index (χ0) is 13.2. The van der Waals surface area contributed by atoms with Crippen LogP contribution in [-0.4, -0.2) is 16.4 Å². The number of hydrogen-bond donors (Lipinski definition) is 0. The third kappa shape index (κ3) is 2.51. The summed E-state index contributed by atoms with van der Waals surface area (Å²) in [5.41, 5.74) is 3.76. The van der Waals surface area contributed by atoms with Crippen molar-refractivity contribution in [3.8, 4) is 0 Å².